The van der Waals surface area contributed by atoms with E-state index in [4.69, 9.17) is 14.2 Å². The number of aromatic hydroxyl groups is 1. The Bertz CT molecular complexity index is 963. The van der Waals surface area contributed by atoms with E-state index in [1.165, 1.54) is 7.11 Å². The lowest BCUT2D eigenvalue weighted by Gasteiger charge is -2.30. The zero-order chi connectivity index (χ0) is 21.7. The number of carbonyl (C=O) groups excluding carboxylic acids is 2. The average Bonchev–Trinajstić information content (AvgIpc) is 2.73. The molecule has 1 aliphatic heterocycles. The molecule has 1 aliphatic rings. The summed E-state index contributed by atoms with van der Waals surface area (Å²) in [4.78, 5) is 28.7. The highest BCUT2D eigenvalue weighted by Crippen LogP contribution is 2.39. The van der Waals surface area contributed by atoms with E-state index in [0.717, 1.165) is 0 Å². The summed E-state index contributed by atoms with van der Waals surface area (Å²) in [5, 5.41) is 12.7. The molecule has 2 aromatic carbocycles. The van der Waals surface area contributed by atoms with Crippen LogP contribution < -0.4 is 14.8 Å². The molecule has 30 heavy (non-hydrogen) atoms. The highest BCUT2D eigenvalue weighted by atomic mass is 79.9. The minimum absolute atomic E-state index is 0.0424. The number of nitrogens with zero attached hydrogens (tertiary/aromatic N) is 1. The second-order valence-corrected chi connectivity index (χ2v) is 7.39. The fourth-order valence-corrected chi connectivity index (χ4v) is 3.60. The molecule has 2 unspecified atom stereocenters. The van der Waals surface area contributed by atoms with Gasteiger partial charge in [-0.1, -0.05) is 18.2 Å². The maximum atomic E-state index is 12.8. The molecule has 2 aromatic rings. The number of amides is 2. The van der Waals surface area contributed by atoms with Gasteiger partial charge in [-0.05, 0) is 52.7 Å². The zero-order valence-electron chi connectivity index (χ0n) is 16.4. The highest BCUT2D eigenvalue weighted by molar-refractivity contribution is 9.10. The van der Waals surface area contributed by atoms with Gasteiger partial charge in [0.05, 0.1) is 17.6 Å². The van der Waals surface area contributed by atoms with E-state index < -0.39 is 24.0 Å². The number of hydrogen-bond donors (Lipinski definition) is 2. The first-order chi connectivity index (χ1) is 14.4. The number of hydrogen-bond acceptors (Lipinski definition) is 6. The second kappa shape index (κ2) is 9.62. The molecular weight excluding hydrogens is 456 g/mol. The van der Waals surface area contributed by atoms with Crippen LogP contribution in [-0.4, -0.2) is 43.1 Å². The number of ether oxygens (including phenoxy) is 3. The monoisotopic (exact) mass is 476 g/mol. The summed E-state index contributed by atoms with van der Waals surface area (Å²) in [5.74, 6) is -0.570. The largest absolute Gasteiger partial charge is 0.503 e. The van der Waals surface area contributed by atoms with E-state index in [-0.39, 0.29) is 24.7 Å². The fourth-order valence-electron chi connectivity index (χ4n) is 3.14. The van der Waals surface area contributed by atoms with Gasteiger partial charge in [0.15, 0.2) is 11.5 Å². The molecule has 158 valence electrons. The van der Waals surface area contributed by atoms with Gasteiger partial charge in [-0.3, -0.25) is 4.79 Å². The molecule has 2 atom stereocenters. The Morgan fingerprint density at radius 3 is 2.67 bits per heavy atom. The number of rotatable bonds is 7. The highest BCUT2D eigenvalue weighted by Gasteiger charge is 2.38. The van der Waals surface area contributed by atoms with Gasteiger partial charge in [0.1, 0.15) is 24.9 Å². The van der Waals surface area contributed by atoms with Crippen LogP contribution in [0.3, 0.4) is 0 Å². The number of benzene rings is 2. The van der Waals surface area contributed by atoms with Crippen molar-refractivity contribution in [2.24, 2.45) is 10.9 Å². The van der Waals surface area contributed by atoms with Crippen LogP contribution in [0.25, 0.3) is 0 Å². The van der Waals surface area contributed by atoms with Crippen LogP contribution in [-0.2, 0) is 9.53 Å². The molecule has 0 bridgehead atoms. The number of methoxy groups -OCH3 is 1. The average molecular weight is 477 g/mol. The molecule has 9 heteroatoms. The van der Waals surface area contributed by atoms with E-state index in [0.29, 0.717) is 21.5 Å². The van der Waals surface area contributed by atoms with Gasteiger partial charge < -0.3 is 24.6 Å². The molecule has 1 heterocycles. The van der Waals surface area contributed by atoms with E-state index in [9.17, 15) is 14.7 Å². The summed E-state index contributed by atoms with van der Waals surface area (Å²) < 4.78 is 16.5. The molecule has 0 spiro atoms. The van der Waals surface area contributed by atoms with Crippen molar-refractivity contribution in [3.05, 3.63) is 52.5 Å². The predicted molar refractivity (Wildman–Crippen MR) is 113 cm³/mol. The summed E-state index contributed by atoms with van der Waals surface area (Å²) >= 11 is 3.26. The number of phenols is 1. The Kier molecular flexibility index (Phi) is 6.94. The lowest BCUT2D eigenvalue weighted by atomic mass is 9.88. The Morgan fingerprint density at radius 1 is 1.23 bits per heavy atom. The van der Waals surface area contributed by atoms with Crippen molar-refractivity contribution < 1.29 is 28.9 Å². The third-order valence-electron chi connectivity index (χ3n) is 4.56. The predicted octanol–water partition coefficient (Wildman–Crippen LogP) is 3.63. The maximum absolute atomic E-state index is 12.8. The molecule has 0 fully saturated rings. The minimum atomic E-state index is -0.833. The number of halogens is 1. The number of phenolic OH excluding ortho intramolecular Hbond substituents is 1. The molecule has 2 amide bonds. The summed E-state index contributed by atoms with van der Waals surface area (Å²) in [6.45, 7) is 1.83. The van der Waals surface area contributed by atoms with Gasteiger partial charge in [-0.25, -0.2) is 9.79 Å². The molecule has 0 saturated heterocycles. The van der Waals surface area contributed by atoms with Crippen molar-refractivity contribution in [3.63, 3.8) is 0 Å². The number of esters is 1. The van der Waals surface area contributed by atoms with E-state index in [1.807, 2.05) is 18.2 Å². The Morgan fingerprint density at radius 2 is 1.97 bits per heavy atom. The summed E-state index contributed by atoms with van der Waals surface area (Å²) in [6, 6.07) is 11.1. The Hall–Kier alpha value is -3.07. The van der Waals surface area contributed by atoms with Crippen molar-refractivity contribution in [1.82, 2.24) is 5.32 Å². The third kappa shape index (κ3) is 4.91. The minimum Gasteiger partial charge on any atom is -0.503 e. The van der Waals surface area contributed by atoms with Crippen LogP contribution in [0, 0.1) is 5.92 Å². The topological polar surface area (TPSA) is 106 Å². The standard InChI is InChI=1S/C21H21BrN2O6/c1-12-17(20(26)30-9-8-29-14-6-4-3-5-7-14)18(24-21(27)23-12)13-10-15(22)19(25)16(11-13)28-2/h3-7,10-11,17-18,25H,8-9H2,1-2H3,(H,24,27). The Balaban J connectivity index is 1.74. The first-order valence-corrected chi connectivity index (χ1v) is 9.96. The number of nitrogens with one attached hydrogen (secondary N) is 1. The lowest BCUT2D eigenvalue weighted by molar-refractivity contribution is -0.147. The van der Waals surface area contributed by atoms with Gasteiger partial charge in [-0.15, -0.1) is 0 Å². The van der Waals surface area contributed by atoms with Gasteiger partial charge in [0.25, 0.3) is 0 Å². The van der Waals surface area contributed by atoms with Crippen LogP contribution in [0.15, 0.2) is 51.9 Å². The number of carbonyl (C=O) groups is 2. The molecule has 8 nitrogen and oxygen atoms in total. The lowest BCUT2D eigenvalue weighted by Crippen LogP contribution is -2.44. The van der Waals surface area contributed by atoms with Crippen LogP contribution in [0.2, 0.25) is 0 Å². The normalized spacial score (nSPS) is 18.2. The first kappa shape index (κ1) is 21.6. The van der Waals surface area contributed by atoms with Crippen LogP contribution >= 0.6 is 15.9 Å². The zero-order valence-corrected chi connectivity index (χ0v) is 18.0. The fraction of sp³-hybridized carbons (Fsp3) is 0.286. The molecule has 0 aliphatic carbocycles. The van der Waals surface area contributed by atoms with E-state index in [2.05, 4.69) is 26.2 Å². The smallest absolute Gasteiger partial charge is 0.341 e. The van der Waals surface area contributed by atoms with Crippen molar-refractivity contribution in [2.75, 3.05) is 20.3 Å². The summed E-state index contributed by atoms with van der Waals surface area (Å²) in [5.41, 5.74) is 0.891. The van der Waals surface area contributed by atoms with Crippen LogP contribution in [0.5, 0.6) is 17.2 Å². The quantitative estimate of drug-likeness (QED) is 0.466. The molecular formula is C21H21BrN2O6. The molecule has 0 aromatic heterocycles. The van der Waals surface area contributed by atoms with Gasteiger partial charge in [-0.2, -0.15) is 0 Å². The van der Waals surface area contributed by atoms with Crippen molar-refractivity contribution >= 4 is 33.6 Å². The van der Waals surface area contributed by atoms with Crippen molar-refractivity contribution in [2.45, 2.75) is 13.0 Å². The molecule has 0 saturated carbocycles. The number of aliphatic imine (C=N–C) groups is 1. The maximum Gasteiger partial charge on any atom is 0.341 e. The van der Waals surface area contributed by atoms with Crippen LogP contribution in [0.1, 0.15) is 18.5 Å². The molecule has 3 rings (SSSR count). The van der Waals surface area contributed by atoms with E-state index >= 15 is 0 Å². The number of para-hydroxylation sites is 1. The first-order valence-electron chi connectivity index (χ1n) is 9.17. The summed E-state index contributed by atoms with van der Waals surface area (Å²) in [7, 11) is 1.41. The molecule has 2 N–H and O–H groups in total. The Labute approximate surface area is 182 Å². The van der Waals surface area contributed by atoms with Gasteiger partial charge in [0, 0.05) is 5.71 Å². The third-order valence-corrected chi connectivity index (χ3v) is 5.17. The van der Waals surface area contributed by atoms with Gasteiger partial charge in [0.2, 0.25) is 0 Å². The van der Waals surface area contributed by atoms with Crippen LogP contribution in [0.4, 0.5) is 4.79 Å². The van der Waals surface area contributed by atoms with Gasteiger partial charge >= 0.3 is 12.0 Å². The van der Waals surface area contributed by atoms with Crippen molar-refractivity contribution in [3.8, 4) is 17.2 Å². The molecule has 0 radical (unpaired) electrons. The SMILES string of the molecule is COc1cc(C2NC(=O)N=C(C)C2C(=O)OCCOc2ccccc2)cc(Br)c1O. The second-order valence-electron chi connectivity index (χ2n) is 6.54. The van der Waals surface area contributed by atoms with E-state index in [1.54, 1.807) is 31.2 Å². The summed E-state index contributed by atoms with van der Waals surface area (Å²) in [6.07, 6.45) is 0. The van der Waals surface area contributed by atoms with Crippen molar-refractivity contribution in [1.29, 1.82) is 0 Å². The number of urea groups is 1.